The second-order valence-electron chi connectivity index (χ2n) is 4.07. The molecule has 0 atom stereocenters. The Kier molecular flexibility index (Phi) is 4.20. The van der Waals surface area contributed by atoms with Gasteiger partial charge in [-0.25, -0.2) is 9.37 Å². The molecule has 1 heterocycles. The van der Waals surface area contributed by atoms with Gasteiger partial charge in [0.15, 0.2) is 0 Å². The standard InChI is InChI=1S/C14H14FN3O/c15-12-4-5-13(17-9-12)14(19)18-8-11-3-1-2-10(6-11)7-16/h1-6,9H,7-8,16H2,(H,18,19). The molecule has 0 aliphatic carbocycles. The van der Waals surface area contributed by atoms with E-state index in [0.717, 1.165) is 17.3 Å². The van der Waals surface area contributed by atoms with Gasteiger partial charge < -0.3 is 11.1 Å². The zero-order chi connectivity index (χ0) is 13.7. The van der Waals surface area contributed by atoms with Crippen LogP contribution < -0.4 is 11.1 Å². The number of aromatic nitrogens is 1. The minimum Gasteiger partial charge on any atom is -0.347 e. The highest BCUT2D eigenvalue weighted by molar-refractivity contribution is 5.92. The molecule has 2 rings (SSSR count). The van der Waals surface area contributed by atoms with E-state index >= 15 is 0 Å². The summed E-state index contributed by atoms with van der Waals surface area (Å²) >= 11 is 0. The highest BCUT2D eigenvalue weighted by Crippen LogP contribution is 2.05. The highest BCUT2D eigenvalue weighted by atomic mass is 19.1. The molecule has 1 aromatic carbocycles. The van der Waals surface area contributed by atoms with Gasteiger partial charge in [0.25, 0.3) is 5.91 Å². The largest absolute Gasteiger partial charge is 0.347 e. The Hall–Kier alpha value is -2.27. The third kappa shape index (κ3) is 3.59. The van der Waals surface area contributed by atoms with Gasteiger partial charge in [-0.1, -0.05) is 24.3 Å². The minimum atomic E-state index is -0.466. The number of amides is 1. The Morgan fingerprint density at radius 1 is 1.26 bits per heavy atom. The van der Waals surface area contributed by atoms with Crippen LogP contribution in [0.3, 0.4) is 0 Å². The van der Waals surface area contributed by atoms with Crippen molar-refractivity contribution in [3.8, 4) is 0 Å². The number of pyridine rings is 1. The summed E-state index contributed by atoms with van der Waals surface area (Å²) in [6.45, 7) is 0.840. The van der Waals surface area contributed by atoms with Crippen LogP contribution in [0, 0.1) is 5.82 Å². The van der Waals surface area contributed by atoms with E-state index < -0.39 is 5.82 Å². The molecule has 1 aromatic heterocycles. The van der Waals surface area contributed by atoms with Crippen LogP contribution in [0.2, 0.25) is 0 Å². The second-order valence-corrected chi connectivity index (χ2v) is 4.07. The molecule has 98 valence electrons. The number of carbonyl (C=O) groups is 1. The summed E-state index contributed by atoms with van der Waals surface area (Å²) in [5.41, 5.74) is 7.70. The Labute approximate surface area is 110 Å². The number of nitrogens with two attached hydrogens (primary N) is 1. The van der Waals surface area contributed by atoms with E-state index in [1.165, 1.54) is 12.1 Å². The summed E-state index contributed by atoms with van der Waals surface area (Å²) in [6.07, 6.45) is 1.02. The number of nitrogens with one attached hydrogen (secondary N) is 1. The molecule has 19 heavy (non-hydrogen) atoms. The van der Waals surface area contributed by atoms with E-state index in [9.17, 15) is 9.18 Å². The van der Waals surface area contributed by atoms with Crippen LogP contribution in [0.4, 0.5) is 4.39 Å². The lowest BCUT2D eigenvalue weighted by Crippen LogP contribution is -2.23. The lowest BCUT2D eigenvalue weighted by Gasteiger charge is -2.06. The van der Waals surface area contributed by atoms with Crippen molar-refractivity contribution in [3.05, 3.63) is 65.2 Å². The third-order valence-electron chi connectivity index (χ3n) is 2.64. The number of halogens is 1. The molecule has 3 N–H and O–H groups in total. The molecule has 0 aliphatic heterocycles. The quantitative estimate of drug-likeness (QED) is 0.876. The summed E-state index contributed by atoms with van der Waals surface area (Å²) in [4.78, 5) is 15.5. The van der Waals surface area contributed by atoms with Crippen molar-refractivity contribution in [3.63, 3.8) is 0 Å². The van der Waals surface area contributed by atoms with Gasteiger partial charge in [0.1, 0.15) is 11.5 Å². The lowest BCUT2D eigenvalue weighted by molar-refractivity contribution is 0.0946. The van der Waals surface area contributed by atoms with Crippen molar-refractivity contribution >= 4 is 5.91 Å². The molecule has 5 heteroatoms. The van der Waals surface area contributed by atoms with Crippen molar-refractivity contribution in [2.24, 2.45) is 5.73 Å². The summed E-state index contributed by atoms with van der Waals surface area (Å²) in [7, 11) is 0. The molecule has 2 aromatic rings. The fourth-order valence-corrected chi connectivity index (χ4v) is 1.65. The van der Waals surface area contributed by atoms with Crippen LogP contribution in [0.15, 0.2) is 42.6 Å². The van der Waals surface area contributed by atoms with Crippen LogP contribution in [-0.4, -0.2) is 10.9 Å². The Balaban J connectivity index is 1.98. The van der Waals surface area contributed by atoms with Gasteiger partial charge in [-0.05, 0) is 23.3 Å². The molecule has 0 radical (unpaired) electrons. The average molecular weight is 259 g/mol. The molecule has 0 fully saturated rings. The number of rotatable bonds is 4. The zero-order valence-corrected chi connectivity index (χ0v) is 10.3. The minimum absolute atomic E-state index is 0.191. The smallest absolute Gasteiger partial charge is 0.270 e. The third-order valence-corrected chi connectivity index (χ3v) is 2.64. The predicted molar refractivity (Wildman–Crippen MR) is 69.7 cm³/mol. The van der Waals surface area contributed by atoms with Crippen molar-refractivity contribution in [1.29, 1.82) is 0 Å². The van der Waals surface area contributed by atoms with E-state index in [1.807, 2.05) is 24.3 Å². The monoisotopic (exact) mass is 259 g/mol. The maximum atomic E-state index is 12.7. The molecular weight excluding hydrogens is 245 g/mol. The van der Waals surface area contributed by atoms with E-state index in [1.54, 1.807) is 0 Å². The van der Waals surface area contributed by atoms with E-state index in [4.69, 9.17) is 5.73 Å². The SMILES string of the molecule is NCc1cccc(CNC(=O)c2ccc(F)cn2)c1. The number of hydrogen-bond acceptors (Lipinski definition) is 3. The highest BCUT2D eigenvalue weighted by Gasteiger charge is 2.06. The fourth-order valence-electron chi connectivity index (χ4n) is 1.65. The number of benzene rings is 1. The number of carbonyl (C=O) groups excluding carboxylic acids is 1. The first kappa shape index (κ1) is 13.2. The first-order valence-electron chi connectivity index (χ1n) is 5.86. The summed E-state index contributed by atoms with van der Waals surface area (Å²) in [6, 6.07) is 10.2. The lowest BCUT2D eigenvalue weighted by atomic mass is 10.1. The van der Waals surface area contributed by atoms with E-state index in [0.29, 0.717) is 13.1 Å². The Morgan fingerprint density at radius 2 is 2.05 bits per heavy atom. The number of hydrogen-bond donors (Lipinski definition) is 2. The Bertz CT molecular complexity index is 569. The second kappa shape index (κ2) is 6.06. The van der Waals surface area contributed by atoms with E-state index in [-0.39, 0.29) is 11.6 Å². The normalized spacial score (nSPS) is 10.2. The zero-order valence-electron chi connectivity index (χ0n) is 10.3. The first-order chi connectivity index (χ1) is 9.19. The fraction of sp³-hybridized carbons (Fsp3) is 0.143. The van der Waals surface area contributed by atoms with Gasteiger partial charge >= 0.3 is 0 Å². The van der Waals surface area contributed by atoms with Crippen LogP contribution in [0.25, 0.3) is 0 Å². The summed E-state index contributed by atoms with van der Waals surface area (Å²) in [5, 5.41) is 2.72. The van der Waals surface area contributed by atoms with Gasteiger partial charge in [-0.15, -0.1) is 0 Å². The Morgan fingerprint density at radius 3 is 2.74 bits per heavy atom. The van der Waals surface area contributed by atoms with Crippen LogP contribution in [-0.2, 0) is 13.1 Å². The summed E-state index contributed by atoms with van der Waals surface area (Å²) in [5.74, 6) is -0.801. The first-order valence-corrected chi connectivity index (χ1v) is 5.86. The van der Waals surface area contributed by atoms with Crippen molar-refractivity contribution < 1.29 is 9.18 Å². The molecule has 0 saturated carbocycles. The van der Waals surface area contributed by atoms with Gasteiger partial charge in [0.2, 0.25) is 0 Å². The van der Waals surface area contributed by atoms with Crippen LogP contribution >= 0.6 is 0 Å². The van der Waals surface area contributed by atoms with Gasteiger partial charge in [0, 0.05) is 13.1 Å². The van der Waals surface area contributed by atoms with Crippen LogP contribution in [0.1, 0.15) is 21.6 Å². The molecule has 4 nitrogen and oxygen atoms in total. The molecule has 0 spiro atoms. The average Bonchev–Trinajstić information content (AvgIpc) is 2.46. The maximum absolute atomic E-state index is 12.7. The molecule has 0 unspecified atom stereocenters. The summed E-state index contributed by atoms with van der Waals surface area (Å²) < 4.78 is 12.7. The van der Waals surface area contributed by atoms with Crippen molar-refractivity contribution in [2.45, 2.75) is 13.1 Å². The van der Waals surface area contributed by atoms with Gasteiger partial charge in [-0.2, -0.15) is 0 Å². The van der Waals surface area contributed by atoms with E-state index in [2.05, 4.69) is 10.3 Å². The van der Waals surface area contributed by atoms with Crippen molar-refractivity contribution in [2.75, 3.05) is 0 Å². The number of nitrogens with zero attached hydrogens (tertiary/aromatic N) is 1. The van der Waals surface area contributed by atoms with Gasteiger partial charge in [0.05, 0.1) is 6.20 Å². The molecule has 0 aliphatic rings. The van der Waals surface area contributed by atoms with Gasteiger partial charge in [-0.3, -0.25) is 4.79 Å². The maximum Gasteiger partial charge on any atom is 0.270 e. The molecule has 0 bridgehead atoms. The predicted octanol–water partition coefficient (Wildman–Crippen LogP) is 1.61. The van der Waals surface area contributed by atoms with Crippen molar-refractivity contribution in [1.82, 2.24) is 10.3 Å². The molecule has 1 amide bonds. The molecular formula is C14H14FN3O. The van der Waals surface area contributed by atoms with Crippen LogP contribution in [0.5, 0.6) is 0 Å². The topological polar surface area (TPSA) is 68.0 Å². The molecule has 0 saturated heterocycles.